The van der Waals surface area contributed by atoms with E-state index in [4.69, 9.17) is 0 Å². The Kier molecular flexibility index (Phi) is 5.28. The number of nitrogens with one attached hydrogen (secondary N) is 1. The third kappa shape index (κ3) is 4.02. The zero-order valence-electron chi connectivity index (χ0n) is 11.4. The van der Waals surface area contributed by atoms with Crippen LogP contribution in [0.4, 0.5) is 10.1 Å². The number of allylic oxidation sites excluding steroid dienone is 1. The predicted octanol–water partition coefficient (Wildman–Crippen LogP) is 4.89. The number of amides is 1. The van der Waals surface area contributed by atoms with Crippen LogP contribution in [0.3, 0.4) is 0 Å². The highest BCUT2D eigenvalue weighted by molar-refractivity contribution is 9.10. The molecule has 0 saturated heterocycles. The van der Waals surface area contributed by atoms with Crippen LogP contribution in [0.2, 0.25) is 0 Å². The SMILES string of the molecule is C=C[C@H](CC(=O)Nc1c(F)cccc1Br)c1ccccc1. The minimum absolute atomic E-state index is 0.100. The first-order valence-electron chi connectivity index (χ1n) is 6.53. The lowest BCUT2D eigenvalue weighted by atomic mass is 9.95. The van der Waals surface area contributed by atoms with E-state index in [-0.39, 0.29) is 23.9 Å². The monoisotopic (exact) mass is 347 g/mol. The molecule has 2 nitrogen and oxygen atoms in total. The van der Waals surface area contributed by atoms with E-state index in [2.05, 4.69) is 27.8 Å². The number of carbonyl (C=O) groups is 1. The van der Waals surface area contributed by atoms with Crippen molar-refractivity contribution in [3.05, 3.63) is 77.0 Å². The molecule has 21 heavy (non-hydrogen) atoms. The van der Waals surface area contributed by atoms with Crippen LogP contribution in [-0.4, -0.2) is 5.91 Å². The fraction of sp³-hybridized carbons (Fsp3) is 0.118. The van der Waals surface area contributed by atoms with Gasteiger partial charge in [-0.3, -0.25) is 4.79 Å². The number of benzene rings is 2. The van der Waals surface area contributed by atoms with E-state index in [0.717, 1.165) is 5.56 Å². The molecule has 0 aliphatic carbocycles. The predicted molar refractivity (Wildman–Crippen MR) is 86.7 cm³/mol. The molecule has 2 rings (SSSR count). The maximum Gasteiger partial charge on any atom is 0.225 e. The maximum absolute atomic E-state index is 13.7. The van der Waals surface area contributed by atoms with E-state index in [0.29, 0.717) is 4.47 Å². The Morgan fingerprint density at radius 1 is 1.24 bits per heavy atom. The average Bonchev–Trinajstić information content (AvgIpc) is 2.49. The molecule has 1 N–H and O–H groups in total. The second-order valence-corrected chi connectivity index (χ2v) is 5.46. The van der Waals surface area contributed by atoms with Gasteiger partial charge in [0.25, 0.3) is 0 Å². The van der Waals surface area contributed by atoms with Gasteiger partial charge in [-0.25, -0.2) is 4.39 Å². The summed E-state index contributed by atoms with van der Waals surface area (Å²) >= 11 is 3.23. The number of para-hydroxylation sites is 1. The van der Waals surface area contributed by atoms with Crippen LogP contribution in [0.5, 0.6) is 0 Å². The van der Waals surface area contributed by atoms with Crippen molar-refractivity contribution in [1.82, 2.24) is 0 Å². The van der Waals surface area contributed by atoms with Gasteiger partial charge in [0, 0.05) is 16.8 Å². The van der Waals surface area contributed by atoms with Crippen molar-refractivity contribution in [3.63, 3.8) is 0 Å². The summed E-state index contributed by atoms with van der Waals surface area (Å²) in [6.07, 6.45) is 1.94. The summed E-state index contributed by atoms with van der Waals surface area (Å²) in [7, 11) is 0. The molecular weight excluding hydrogens is 333 g/mol. The molecule has 0 saturated carbocycles. The van der Waals surface area contributed by atoms with E-state index in [1.165, 1.54) is 6.07 Å². The number of hydrogen-bond acceptors (Lipinski definition) is 1. The van der Waals surface area contributed by atoms with Gasteiger partial charge in [0.1, 0.15) is 5.82 Å². The molecular formula is C17H15BrFNO. The van der Waals surface area contributed by atoms with Gasteiger partial charge in [0.05, 0.1) is 5.69 Å². The summed E-state index contributed by atoms with van der Waals surface area (Å²) in [5.74, 6) is -0.820. The Morgan fingerprint density at radius 3 is 2.57 bits per heavy atom. The van der Waals surface area contributed by atoms with Gasteiger partial charge in [-0.15, -0.1) is 6.58 Å². The van der Waals surface area contributed by atoms with E-state index < -0.39 is 5.82 Å². The molecule has 0 radical (unpaired) electrons. The number of carbonyl (C=O) groups excluding carboxylic acids is 1. The van der Waals surface area contributed by atoms with Crippen LogP contribution in [-0.2, 0) is 4.79 Å². The minimum atomic E-state index is -0.465. The fourth-order valence-corrected chi connectivity index (χ4v) is 2.49. The van der Waals surface area contributed by atoms with Crippen molar-refractivity contribution in [2.75, 3.05) is 5.32 Å². The van der Waals surface area contributed by atoms with Crippen molar-refractivity contribution in [3.8, 4) is 0 Å². The van der Waals surface area contributed by atoms with Crippen molar-refractivity contribution in [1.29, 1.82) is 0 Å². The van der Waals surface area contributed by atoms with Crippen LogP contribution >= 0.6 is 15.9 Å². The first-order chi connectivity index (χ1) is 10.1. The summed E-state index contributed by atoms with van der Waals surface area (Å²) in [4.78, 5) is 12.1. The Bertz CT molecular complexity index is 622. The average molecular weight is 348 g/mol. The first kappa shape index (κ1) is 15.4. The fourth-order valence-electron chi connectivity index (χ4n) is 2.04. The molecule has 0 aliphatic heterocycles. The minimum Gasteiger partial charge on any atom is -0.323 e. The summed E-state index contributed by atoms with van der Waals surface area (Å²) in [5, 5.41) is 2.60. The molecule has 0 fully saturated rings. The summed E-state index contributed by atoms with van der Waals surface area (Å²) < 4.78 is 14.2. The zero-order valence-corrected chi connectivity index (χ0v) is 12.9. The Labute approximate surface area is 131 Å². The normalized spacial score (nSPS) is 11.7. The third-order valence-electron chi connectivity index (χ3n) is 3.14. The molecule has 0 spiro atoms. The van der Waals surface area contributed by atoms with Crippen molar-refractivity contribution in [2.45, 2.75) is 12.3 Å². The number of anilines is 1. The first-order valence-corrected chi connectivity index (χ1v) is 7.32. The lowest BCUT2D eigenvalue weighted by Crippen LogP contribution is -2.16. The molecule has 0 heterocycles. The van der Waals surface area contributed by atoms with Gasteiger partial charge in [-0.1, -0.05) is 42.5 Å². The molecule has 4 heteroatoms. The van der Waals surface area contributed by atoms with E-state index in [9.17, 15) is 9.18 Å². The van der Waals surface area contributed by atoms with E-state index >= 15 is 0 Å². The quantitative estimate of drug-likeness (QED) is 0.766. The maximum atomic E-state index is 13.7. The van der Waals surface area contributed by atoms with Gasteiger partial charge < -0.3 is 5.32 Å². The standard InChI is InChI=1S/C17H15BrFNO/c1-2-12(13-7-4-3-5-8-13)11-16(21)20-17-14(18)9-6-10-15(17)19/h2-10,12H,1,11H2,(H,20,21)/t12-/m1/s1. The van der Waals surface area contributed by atoms with Crippen LogP contribution < -0.4 is 5.32 Å². The highest BCUT2D eigenvalue weighted by Crippen LogP contribution is 2.27. The highest BCUT2D eigenvalue weighted by Gasteiger charge is 2.15. The van der Waals surface area contributed by atoms with Gasteiger partial charge in [-0.05, 0) is 33.6 Å². The van der Waals surface area contributed by atoms with Crippen molar-refractivity contribution >= 4 is 27.5 Å². The van der Waals surface area contributed by atoms with E-state index in [1.54, 1.807) is 18.2 Å². The number of rotatable bonds is 5. The van der Waals surface area contributed by atoms with Gasteiger partial charge in [0.2, 0.25) is 5.91 Å². The lowest BCUT2D eigenvalue weighted by molar-refractivity contribution is -0.116. The van der Waals surface area contributed by atoms with Crippen LogP contribution in [0, 0.1) is 5.82 Å². The molecule has 0 bridgehead atoms. The van der Waals surface area contributed by atoms with Gasteiger partial charge in [-0.2, -0.15) is 0 Å². The highest BCUT2D eigenvalue weighted by atomic mass is 79.9. The molecule has 108 valence electrons. The Morgan fingerprint density at radius 2 is 1.95 bits per heavy atom. The lowest BCUT2D eigenvalue weighted by Gasteiger charge is -2.14. The zero-order chi connectivity index (χ0) is 15.2. The molecule has 2 aromatic carbocycles. The van der Waals surface area contributed by atoms with Gasteiger partial charge >= 0.3 is 0 Å². The molecule has 1 amide bonds. The third-order valence-corrected chi connectivity index (χ3v) is 3.81. The second kappa shape index (κ2) is 7.18. The van der Waals surface area contributed by atoms with Crippen LogP contribution in [0.15, 0.2) is 65.7 Å². The van der Waals surface area contributed by atoms with Crippen molar-refractivity contribution < 1.29 is 9.18 Å². The number of hydrogen-bond donors (Lipinski definition) is 1. The molecule has 0 unspecified atom stereocenters. The van der Waals surface area contributed by atoms with Crippen LogP contribution in [0.25, 0.3) is 0 Å². The Hall–Kier alpha value is -1.94. The molecule has 2 aromatic rings. The smallest absolute Gasteiger partial charge is 0.225 e. The molecule has 1 atom stereocenters. The van der Waals surface area contributed by atoms with E-state index in [1.807, 2.05) is 30.3 Å². The van der Waals surface area contributed by atoms with Crippen LogP contribution in [0.1, 0.15) is 17.9 Å². The Balaban J connectivity index is 2.09. The largest absolute Gasteiger partial charge is 0.323 e. The summed E-state index contributed by atoms with van der Waals surface area (Å²) in [6.45, 7) is 3.77. The topological polar surface area (TPSA) is 29.1 Å². The summed E-state index contributed by atoms with van der Waals surface area (Å²) in [5.41, 5.74) is 1.17. The second-order valence-electron chi connectivity index (χ2n) is 4.60. The van der Waals surface area contributed by atoms with Crippen molar-refractivity contribution in [2.24, 2.45) is 0 Å². The summed E-state index contributed by atoms with van der Waals surface area (Å²) in [6, 6.07) is 14.2. The van der Waals surface area contributed by atoms with Gasteiger partial charge in [0.15, 0.2) is 0 Å². The molecule has 0 aliphatic rings. The number of halogens is 2. The molecule has 0 aromatic heterocycles.